The van der Waals surface area contributed by atoms with Crippen LogP contribution < -0.4 is 5.32 Å². The van der Waals surface area contributed by atoms with Crippen molar-refractivity contribution in [2.75, 3.05) is 5.32 Å². The SMILES string of the molecule is Cc1c(CC(=O)O)c2cc(F)ccc2n1S(=O)(=O)c1ccc(Nc2cccc(C#N)c2)nc1. The molecule has 0 aliphatic rings. The van der Waals surface area contributed by atoms with Crippen LogP contribution in [0.4, 0.5) is 15.9 Å². The van der Waals surface area contributed by atoms with Crippen molar-refractivity contribution >= 4 is 38.4 Å². The molecule has 0 spiro atoms. The van der Waals surface area contributed by atoms with Crippen LogP contribution in [0.1, 0.15) is 16.8 Å². The summed E-state index contributed by atoms with van der Waals surface area (Å²) in [6.45, 7) is 1.49. The number of nitriles is 1. The molecular formula is C23H17FN4O4S. The zero-order valence-corrected chi connectivity index (χ0v) is 18.1. The maximum absolute atomic E-state index is 13.8. The van der Waals surface area contributed by atoms with Gasteiger partial charge in [-0.25, -0.2) is 21.8 Å². The first-order valence-corrected chi connectivity index (χ1v) is 11.1. The van der Waals surface area contributed by atoms with Crippen molar-refractivity contribution in [3.8, 4) is 6.07 Å². The summed E-state index contributed by atoms with van der Waals surface area (Å²) in [7, 11) is -4.16. The zero-order valence-electron chi connectivity index (χ0n) is 17.3. The molecular weight excluding hydrogens is 447 g/mol. The maximum atomic E-state index is 13.8. The van der Waals surface area contributed by atoms with E-state index in [-0.39, 0.29) is 27.1 Å². The molecule has 4 rings (SSSR count). The fourth-order valence-electron chi connectivity index (χ4n) is 3.64. The van der Waals surface area contributed by atoms with Gasteiger partial charge in [0, 0.05) is 23.0 Å². The molecule has 0 aliphatic carbocycles. The molecule has 8 nitrogen and oxygen atoms in total. The highest BCUT2D eigenvalue weighted by Crippen LogP contribution is 2.31. The molecule has 4 aromatic rings. The van der Waals surface area contributed by atoms with Crippen LogP contribution in [0, 0.1) is 24.1 Å². The molecule has 0 aliphatic heterocycles. The highest BCUT2D eigenvalue weighted by molar-refractivity contribution is 7.90. The van der Waals surface area contributed by atoms with Crippen LogP contribution in [0.2, 0.25) is 0 Å². The van der Waals surface area contributed by atoms with Crippen molar-refractivity contribution < 1.29 is 22.7 Å². The normalized spacial score (nSPS) is 11.3. The molecule has 0 radical (unpaired) electrons. The average molecular weight is 464 g/mol. The summed E-state index contributed by atoms with van der Waals surface area (Å²) < 4.78 is 41.7. The maximum Gasteiger partial charge on any atom is 0.307 e. The van der Waals surface area contributed by atoms with Crippen LogP contribution >= 0.6 is 0 Å². The van der Waals surface area contributed by atoms with Gasteiger partial charge in [-0.1, -0.05) is 6.07 Å². The first-order valence-electron chi connectivity index (χ1n) is 9.71. The van der Waals surface area contributed by atoms with Crippen molar-refractivity contribution in [2.24, 2.45) is 0 Å². The topological polar surface area (TPSA) is 125 Å². The van der Waals surface area contributed by atoms with Gasteiger partial charge in [0.25, 0.3) is 10.0 Å². The zero-order chi connectivity index (χ0) is 23.8. The number of hydrogen-bond donors (Lipinski definition) is 2. The Morgan fingerprint density at radius 3 is 2.67 bits per heavy atom. The highest BCUT2D eigenvalue weighted by atomic mass is 32.2. The Hall–Kier alpha value is -4.23. The molecule has 2 heterocycles. The number of benzene rings is 2. The number of nitrogens with zero attached hydrogens (tertiary/aromatic N) is 3. The molecule has 166 valence electrons. The number of hydrogen-bond acceptors (Lipinski definition) is 6. The molecule has 0 fully saturated rings. The van der Waals surface area contributed by atoms with Gasteiger partial charge in [-0.15, -0.1) is 0 Å². The Kier molecular flexibility index (Phi) is 5.57. The van der Waals surface area contributed by atoms with E-state index in [1.54, 1.807) is 24.3 Å². The number of anilines is 2. The van der Waals surface area contributed by atoms with Crippen molar-refractivity contribution in [1.29, 1.82) is 5.26 Å². The summed E-state index contributed by atoms with van der Waals surface area (Å²) in [6.07, 6.45) is 0.731. The van der Waals surface area contributed by atoms with Gasteiger partial charge in [-0.05, 0) is 61.0 Å². The summed E-state index contributed by atoms with van der Waals surface area (Å²) >= 11 is 0. The lowest BCUT2D eigenvalue weighted by atomic mass is 10.1. The molecule has 0 amide bonds. The Labute approximate surface area is 188 Å². The van der Waals surface area contributed by atoms with Crippen LogP contribution in [-0.2, 0) is 21.2 Å². The van der Waals surface area contributed by atoms with Gasteiger partial charge in [0.1, 0.15) is 16.5 Å². The van der Waals surface area contributed by atoms with Crippen molar-refractivity contribution in [3.05, 3.63) is 83.4 Å². The number of aromatic nitrogens is 2. The fourth-order valence-corrected chi connectivity index (χ4v) is 5.16. The first kappa shape index (κ1) is 22.0. The van der Waals surface area contributed by atoms with Crippen molar-refractivity contribution in [3.63, 3.8) is 0 Å². The van der Waals surface area contributed by atoms with E-state index >= 15 is 0 Å². The number of rotatable bonds is 6. The molecule has 0 saturated carbocycles. The van der Waals surface area contributed by atoms with Crippen LogP contribution in [0.25, 0.3) is 10.9 Å². The summed E-state index contributed by atoms with van der Waals surface area (Å²) in [5, 5.41) is 21.5. The number of fused-ring (bicyclic) bond motifs is 1. The summed E-state index contributed by atoms with van der Waals surface area (Å²) in [5.41, 5.74) is 1.67. The minimum atomic E-state index is -4.16. The molecule has 2 aromatic carbocycles. The Morgan fingerprint density at radius 2 is 2.00 bits per heavy atom. The predicted molar refractivity (Wildman–Crippen MR) is 119 cm³/mol. The van der Waals surface area contributed by atoms with Crippen molar-refractivity contribution in [2.45, 2.75) is 18.2 Å². The lowest BCUT2D eigenvalue weighted by Crippen LogP contribution is -2.15. The van der Waals surface area contributed by atoms with E-state index in [2.05, 4.69) is 10.3 Å². The number of aliphatic carboxylic acids is 1. The lowest BCUT2D eigenvalue weighted by molar-refractivity contribution is -0.136. The van der Waals surface area contributed by atoms with E-state index in [0.29, 0.717) is 17.1 Å². The van der Waals surface area contributed by atoms with Crippen LogP contribution in [-0.4, -0.2) is 28.5 Å². The van der Waals surface area contributed by atoms with Gasteiger partial charge in [0.05, 0.1) is 23.6 Å². The van der Waals surface area contributed by atoms with Gasteiger partial charge in [0.15, 0.2) is 0 Å². The number of carboxylic acid groups (broad SMARTS) is 1. The van der Waals surface area contributed by atoms with E-state index in [1.165, 1.54) is 31.3 Å². The van der Waals surface area contributed by atoms with E-state index in [0.717, 1.165) is 16.1 Å². The fraction of sp³-hybridized carbons (Fsp3) is 0.0870. The standard InChI is InChI=1S/C23H17FN4O4S/c1-14-19(11-23(29)30)20-10-16(24)5-7-21(20)28(14)33(31,32)18-6-8-22(26-13-18)27-17-4-2-3-15(9-17)12-25/h2-10,13H,11H2,1H3,(H,26,27)(H,29,30). The minimum Gasteiger partial charge on any atom is -0.481 e. The van der Waals surface area contributed by atoms with Gasteiger partial charge < -0.3 is 10.4 Å². The predicted octanol–water partition coefficient (Wildman–Crippen LogP) is 3.96. The van der Waals surface area contributed by atoms with Crippen LogP contribution in [0.3, 0.4) is 0 Å². The van der Waals surface area contributed by atoms with Crippen LogP contribution in [0.15, 0.2) is 65.7 Å². The van der Waals surface area contributed by atoms with E-state index in [4.69, 9.17) is 5.26 Å². The molecule has 33 heavy (non-hydrogen) atoms. The summed E-state index contributed by atoms with van der Waals surface area (Å²) in [6, 6.07) is 15.2. The Balaban J connectivity index is 1.75. The largest absolute Gasteiger partial charge is 0.481 e. The Morgan fingerprint density at radius 1 is 1.21 bits per heavy atom. The lowest BCUT2D eigenvalue weighted by Gasteiger charge is -2.11. The first-order chi connectivity index (χ1) is 15.7. The number of carbonyl (C=O) groups is 1. The van der Waals surface area contributed by atoms with Gasteiger partial charge >= 0.3 is 5.97 Å². The monoisotopic (exact) mass is 464 g/mol. The smallest absolute Gasteiger partial charge is 0.307 e. The van der Waals surface area contributed by atoms with Gasteiger partial charge in [-0.2, -0.15) is 5.26 Å². The minimum absolute atomic E-state index is 0.120. The summed E-state index contributed by atoms with van der Waals surface area (Å²) in [5.74, 6) is -1.38. The molecule has 0 unspecified atom stereocenters. The molecule has 0 saturated heterocycles. The van der Waals surface area contributed by atoms with Crippen LogP contribution in [0.5, 0.6) is 0 Å². The van der Waals surface area contributed by atoms with Gasteiger partial charge in [0.2, 0.25) is 0 Å². The third kappa shape index (κ3) is 4.14. The molecule has 0 bridgehead atoms. The second-order valence-electron chi connectivity index (χ2n) is 7.26. The van der Waals surface area contributed by atoms with E-state index in [1.807, 2.05) is 6.07 Å². The average Bonchev–Trinajstić information content (AvgIpc) is 3.05. The molecule has 2 aromatic heterocycles. The third-order valence-electron chi connectivity index (χ3n) is 5.11. The molecule has 10 heteroatoms. The molecule has 0 atom stereocenters. The number of halogens is 1. The van der Waals surface area contributed by atoms with Crippen molar-refractivity contribution in [1.82, 2.24) is 8.96 Å². The second kappa shape index (κ2) is 8.37. The second-order valence-corrected chi connectivity index (χ2v) is 9.05. The number of nitrogens with one attached hydrogen (secondary N) is 1. The van der Waals surface area contributed by atoms with E-state index < -0.39 is 28.2 Å². The molecule has 2 N–H and O–H groups in total. The number of carboxylic acids is 1. The third-order valence-corrected chi connectivity index (χ3v) is 6.90. The number of pyridine rings is 1. The van der Waals surface area contributed by atoms with Gasteiger partial charge in [-0.3, -0.25) is 4.79 Å². The quantitative estimate of drug-likeness (QED) is 0.442. The highest BCUT2D eigenvalue weighted by Gasteiger charge is 2.26. The van der Waals surface area contributed by atoms with E-state index in [9.17, 15) is 22.7 Å². The summed E-state index contributed by atoms with van der Waals surface area (Å²) in [4.78, 5) is 15.4. The Bertz CT molecular complexity index is 1540.